The Hall–Kier alpha value is -0.240. The molecular formula is C12H32N6. The molecule has 0 saturated heterocycles. The van der Waals surface area contributed by atoms with E-state index in [0.717, 1.165) is 39.0 Å². The van der Waals surface area contributed by atoms with Crippen LogP contribution in [0.3, 0.4) is 0 Å². The van der Waals surface area contributed by atoms with Crippen LogP contribution in [-0.2, 0) is 0 Å². The zero-order valence-corrected chi connectivity index (χ0v) is 11.8. The molecule has 0 heterocycles. The SMILES string of the molecule is CC(CCN)(CCN)NCCN(CCN)CCN. The standard InChI is InChI=1S/C12H32N6/c1-12(2-4-13,3-5-14)17-8-11-18(9-6-15)10-7-16/h17H,2-11,13-16H2,1H3. The van der Waals surface area contributed by atoms with Crippen LogP contribution in [0.2, 0.25) is 0 Å². The first-order valence-corrected chi connectivity index (χ1v) is 6.89. The summed E-state index contributed by atoms with van der Waals surface area (Å²) in [5.74, 6) is 0. The van der Waals surface area contributed by atoms with E-state index >= 15 is 0 Å². The van der Waals surface area contributed by atoms with Gasteiger partial charge < -0.3 is 28.3 Å². The van der Waals surface area contributed by atoms with Gasteiger partial charge in [-0.1, -0.05) is 0 Å². The van der Waals surface area contributed by atoms with Crippen molar-refractivity contribution in [2.75, 3.05) is 52.4 Å². The van der Waals surface area contributed by atoms with Gasteiger partial charge >= 0.3 is 0 Å². The number of rotatable bonds is 12. The third kappa shape index (κ3) is 7.97. The van der Waals surface area contributed by atoms with Gasteiger partial charge in [-0.05, 0) is 32.9 Å². The van der Waals surface area contributed by atoms with E-state index in [1.54, 1.807) is 0 Å². The van der Waals surface area contributed by atoms with Gasteiger partial charge in [-0.2, -0.15) is 0 Å². The van der Waals surface area contributed by atoms with E-state index in [1.165, 1.54) is 0 Å². The van der Waals surface area contributed by atoms with E-state index in [-0.39, 0.29) is 5.54 Å². The molecule has 0 aliphatic carbocycles. The Balaban J connectivity index is 4.01. The van der Waals surface area contributed by atoms with Crippen LogP contribution in [0.5, 0.6) is 0 Å². The number of nitrogens with one attached hydrogen (secondary N) is 1. The van der Waals surface area contributed by atoms with Crippen LogP contribution in [0, 0.1) is 0 Å². The van der Waals surface area contributed by atoms with Crippen molar-refractivity contribution in [1.82, 2.24) is 10.2 Å². The van der Waals surface area contributed by atoms with E-state index < -0.39 is 0 Å². The monoisotopic (exact) mass is 260 g/mol. The van der Waals surface area contributed by atoms with Gasteiger partial charge in [-0.3, -0.25) is 4.90 Å². The largest absolute Gasteiger partial charge is 0.330 e. The Kier molecular flexibility index (Phi) is 10.5. The van der Waals surface area contributed by atoms with Crippen LogP contribution in [-0.4, -0.2) is 62.8 Å². The Morgan fingerprint density at radius 2 is 1.33 bits per heavy atom. The van der Waals surface area contributed by atoms with E-state index in [9.17, 15) is 0 Å². The lowest BCUT2D eigenvalue weighted by molar-refractivity contribution is 0.253. The summed E-state index contributed by atoms with van der Waals surface area (Å²) >= 11 is 0. The van der Waals surface area contributed by atoms with Gasteiger partial charge in [-0.25, -0.2) is 0 Å². The molecule has 9 N–H and O–H groups in total. The van der Waals surface area contributed by atoms with Crippen LogP contribution >= 0.6 is 0 Å². The van der Waals surface area contributed by atoms with Gasteiger partial charge in [0, 0.05) is 44.8 Å². The summed E-state index contributed by atoms with van der Waals surface area (Å²) < 4.78 is 0. The Labute approximate surface area is 111 Å². The van der Waals surface area contributed by atoms with Crippen LogP contribution in [0.15, 0.2) is 0 Å². The molecule has 0 unspecified atom stereocenters. The van der Waals surface area contributed by atoms with Crippen molar-refractivity contribution in [2.45, 2.75) is 25.3 Å². The van der Waals surface area contributed by atoms with Crippen molar-refractivity contribution in [3.05, 3.63) is 0 Å². The zero-order valence-electron chi connectivity index (χ0n) is 11.8. The molecule has 6 heteroatoms. The molecule has 0 aromatic rings. The topological polar surface area (TPSA) is 119 Å². The predicted octanol–water partition coefficient (Wildman–Crippen LogP) is -1.75. The van der Waals surface area contributed by atoms with Crippen molar-refractivity contribution in [3.8, 4) is 0 Å². The van der Waals surface area contributed by atoms with Gasteiger partial charge in [0.25, 0.3) is 0 Å². The molecule has 0 atom stereocenters. The maximum Gasteiger partial charge on any atom is 0.0177 e. The highest BCUT2D eigenvalue weighted by Crippen LogP contribution is 2.12. The van der Waals surface area contributed by atoms with Crippen LogP contribution < -0.4 is 28.3 Å². The van der Waals surface area contributed by atoms with Gasteiger partial charge in [0.2, 0.25) is 0 Å². The Bertz CT molecular complexity index is 175. The fraction of sp³-hybridized carbons (Fsp3) is 1.00. The molecule has 0 aliphatic heterocycles. The Morgan fingerprint density at radius 3 is 1.72 bits per heavy atom. The average Bonchev–Trinajstić information content (AvgIpc) is 2.30. The summed E-state index contributed by atoms with van der Waals surface area (Å²) in [5, 5.41) is 3.56. The van der Waals surface area contributed by atoms with E-state index in [0.29, 0.717) is 26.2 Å². The first-order valence-electron chi connectivity index (χ1n) is 6.89. The van der Waals surface area contributed by atoms with Crippen molar-refractivity contribution in [2.24, 2.45) is 22.9 Å². The molecule has 0 fully saturated rings. The van der Waals surface area contributed by atoms with Crippen molar-refractivity contribution >= 4 is 0 Å². The molecule has 110 valence electrons. The fourth-order valence-corrected chi connectivity index (χ4v) is 2.16. The molecule has 0 aromatic carbocycles. The van der Waals surface area contributed by atoms with Gasteiger partial charge in [0.05, 0.1) is 0 Å². The molecular weight excluding hydrogens is 228 g/mol. The summed E-state index contributed by atoms with van der Waals surface area (Å²) in [6.45, 7) is 8.54. The molecule has 0 rings (SSSR count). The summed E-state index contributed by atoms with van der Waals surface area (Å²) in [5.41, 5.74) is 22.5. The van der Waals surface area contributed by atoms with Crippen LogP contribution in [0.1, 0.15) is 19.8 Å². The van der Waals surface area contributed by atoms with Crippen molar-refractivity contribution < 1.29 is 0 Å². The molecule has 0 aromatic heterocycles. The number of hydrogen-bond donors (Lipinski definition) is 5. The minimum absolute atomic E-state index is 0.0423. The minimum Gasteiger partial charge on any atom is -0.330 e. The maximum absolute atomic E-state index is 5.65. The molecule has 6 nitrogen and oxygen atoms in total. The number of nitrogens with zero attached hydrogens (tertiary/aromatic N) is 1. The van der Waals surface area contributed by atoms with Gasteiger partial charge in [0.1, 0.15) is 0 Å². The van der Waals surface area contributed by atoms with E-state index in [4.69, 9.17) is 22.9 Å². The fourth-order valence-electron chi connectivity index (χ4n) is 2.16. The third-order valence-corrected chi connectivity index (χ3v) is 3.26. The summed E-state index contributed by atoms with van der Waals surface area (Å²) in [7, 11) is 0. The molecule has 0 saturated carbocycles. The minimum atomic E-state index is 0.0423. The van der Waals surface area contributed by atoms with Crippen LogP contribution in [0.4, 0.5) is 0 Å². The second-order valence-electron chi connectivity index (χ2n) is 4.98. The highest BCUT2D eigenvalue weighted by molar-refractivity contribution is 4.84. The molecule has 0 bridgehead atoms. The van der Waals surface area contributed by atoms with E-state index in [1.807, 2.05) is 0 Å². The molecule has 0 aliphatic rings. The molecule has 0 radical (unpaired) electrons. The highest BCUT2D eigenvalue weighted by atomic mass is 15.2. The third-order valence-electron chi connectivity index (χ3n) is 3.26. The summed E-state index contributed by atoms with van der Waals surface area (Å²) in [6.07, 6.45) is 1.88. The lowest BCUT2D eigenvalue weighted by atomic mass is 9.93. The molecule has 18 heavy (non-hydrogen) atoms. The Morgan fingerprint density at radius 1 is 0.833 bits per heavy atom. The predicted molar refractivity (Wildman–Crippen MR) is 78.3 cm³/mol. The lowest BCUT2D eigenvalue weighted by Crippen LogP contribution is -2.49. The quantitative estimate of drug-likeness (QED) is 0.284. The van der Waals surface area contributed by atoms with E-state index in [2.05, 4.69) is 17.1 Å². The second kappa shape index (κ2) is 10.7. The lowest BCUT2D eigenvalue weighted by Gasteiger charge is -2.32. The average molecular weight is 260 g/mol. The van der Waals surface area contributed by atoms with Crippen molar-refractivity contribution in [1.29, 1.82) is 0 Å². The second-order valence-corrected chi connectivity index (χ2v) is 4.98. The number of hydrogen-bond acceptors (Lipinski definition) is 6. The normalized spacial score (nSPS) is 12.3. The molecule has 0 spiro atoms. The number of nitrogens with two attached hydrogens (primary N) is 4. The van der Waals surface area contributed by atoms with Gasteiger partial charge in [-0.15, -0.1) is 0 Å². The smallest absolute Gasteiger partial charge is 0.0177 e. The van der Waals surface area contributed by atoms with Crippen molar-refractivity contribution in [3.63, 3.8) is 0 Å². The molecule has 0 amide bonds. The van der Waals surface area contributed by atoms with Gasteiger partial charge in [0.15, 0.2) is 0 Å². The first-order chi connectivity index (χ1) is 8.61. The zero-order chi connectivity index (χ0) is 13.9. The first kappa shape index (κ1) is 17.8. The highest BCUT2D eigenvalue weighted by Gasteiger charge is 2.21. The van der Waals surface area contributed by atoms with Crippen LogP contribution in [0.25, 0.3) is 0 Å². The maximum atomic E-state index is 5.65. The summed E-state index contributed by atoms with van der Waals surface area (Å²) in [4.78, 5) is 2.28. The summed E-state index contributed by atoms with van der Waals surface area (Å²) in [6, 6.07) is 0.